The van der Waals surface area contributed by atoms with Gasteiger partial charge in [0.1, 0.15) is 0 Å². The van der Waals surface area contributed by atoms with E-state index in [4.69, 9.17) is 5.73 Å². The Hall–Kier alpha value is -1.35. The quantitative estimate of drug-likeness (QED) is 0.844. The minimum Gasteiger partial charge on any atom is -0.326 e. The van der Waals surface area contributed by atoms with Gasteiger partial charge in [-0.2, -0.15) is 0 Å². The van der Waals surface area contributed by atoms with E-state index in [-0.39, 0.29) is 17.4 Å². The molecule has 0 bridgehead atoms. The van der Waals surface area contributed by atoms with E-state index in [9.17, 15) is 4.79 Å². The van der Waals surface area contributed by atoms with Crippen LogP contribution in [0.3, 0.4) is 0 Å². The van der Waals surface area contributed by atoms with Crippen LogP contribution in [0.5, 0.6) is 0 Å². The third-order valence-electron chi connectivity index (χ3n) is 2.41. The van der Waals surface area contributed by atoms with E-state index < -0.39 is 0 Å². The monoisotopic (exact) mass is 234 g/mol. The fourth-order valence-corrected chi connectivity index (χ4v) is 1.56. The summed E-state index contributed by atoms with van der Waals surface area (Å²) in [4.78, 5) is 11.7. The summed E-state index contributed by atoms with van der Waals surface area (Å²) in [7, 11) is 0. The van der Waals surface area contributed by atoms with Gasteiger partial charge in [0.25, 0.3) is 0 Å². The Balaban J connectivity index is 2.61. The zero-order valence-electron chi connectivity index (χ0n) is 11.1. The number of benzene rings is 1. The molecule has 1 amide bonds. The summed E-state index contributed by atoms with van der Waals surface area (Å²) in [5.41, 5.74) is 7.66. The molecule has 3 heteroatoms. The van der Waals surface area contributed by atoms with Crippen LogP contribution in [0.25, 0.3) is 0 Å². The number of hydrogen-bond acceptors (Lipinski definition) is 2. The van der Waals surface area contributed by atoms with Crippen molar-refractivity contribution >= 4 is 11.6 Å². The molecule has 0 saturated heterocycles. The van der Waals surface area contributed by atoms with Crippen molar-refractivity contribution in [2.75, 3.05) is 5.32 Å². The van der Waals surface area contributed by atoms with E-state index in [1.54, 1.807) is 0 Å². The highest BCUT2D eigenvalue weighted by Crippen LogP contribution is 2.20. The second kappa shape index (κ2) is 5.32. The summed E-state index contributed by atoms with van der Waals surface area (Å²) in [5, 5.41) is 2.88. The molecule has 0 spiro atoms. The average molecular weight is 234 g/mol. The molecule has 1 aromatic rings. The Morgan fingerprint density at radius 1 is 1.29 bits per heavy atom. The van der Waals surface area contributed by atoms with Crippen LogP contribution in [-0.4, -0.2) is 5.91 Å². The van der Waals surface area contributed by atoms with Crippen molar-refractivity contribution in [2.45, 2.75) is 40.2 Å². The first-order valence-electron chi connectivity index (χ1n) is 5.93. The maximum Gasteiger partial charge on any atom is 0.224 e. The van der Waals surface area contributed by atoms with Gasteiger partial charge in [-0.05, 0) is 30.0 Å². The number of anilines is 1. The predicted octanol–water partition coefficient (Wildman–Crippen LogP) is 3.08. The summed E-state index contributed by atoms with van der Waals surface area (Å²) >= 11 is 0. The lowest BCUT2D eigenvalue weighted by Crippen LogP contribution is -2.19. The van der Waals surface area contributed by atoms with E-state index in [1.807, 2.05) is 52.0 Å². The second-order valence-electron chi connectivity index (χ2n) is 5.70. The molecular weight excluding hydrogens is 212 g/mol. The molecule has 0 fully saturated rings. The first-order valence-corrected chi connectivity index (χ1v) is 5.93. The summed E-state index contributed by atoms with van der Waals surface area (Å²) in [6.07, 6.45) is 0.516. The normalized spacial score (nSPS) is 13.2. The number of nitrogens with one attached hydrogen (secondary N) is 1. The first-order chi connectivity index (χ1) is 7.78. The molecule has 3 nitrogen and oxygen atoms in total. The van der Waals surface area contributed by atoms with Gasteiger partial charge in [-0.25, -0.2) is 0 Å². The van der Waals surface area contributed by atoms with Crippen molar-refractivity contribution in [3.8, 4) is 0 Å². The fourth-order valence-electron chi connectivity index (χ4n) is 1.56. The predicted molar refractivity (Wildman–Crippen MR) is 71.7 cm³/mol. The molecule has 0 aliphatic heterocycles. The molecule has 0 saturated carbocycles. The van der Waals surface area contributed by atoms with Crippen molar-refractivity contribution in [3.05, 3.63) is 29.8 Å². The molecule has 0 aliphatic carbocycles. The van der Waals surface area contributed by atoms with Crippen LogP contribution in [0.1, 0.15) is 45.7 Å². The van der Waals surface area contributed by atoms with Crippen LogP contribution in [-0.2, 0) is 4.79 Å². The number of hydrogen-bond donors (Lipinski definition) is 2. The number of amides is 1. The SMILES string of the molecule is CC(N)c1ccc(NC(=O)CC(C)(C)C)cc1. The van der Waals surface area contributed by atoms with Crippen LogP contribution in [0.4, 0.5) is 5.69 Å². The zero-order valence-corrected chi connectivity index (χ0v) is 11.1. The summed E-state index contributed by atoms with van der Waals surface area (Å²) in [6, 6.07) is 7.68. The van der Waals surface area contributed by atoms with E-state index in [0.29, 0.717) is 6.42 Å². The third kappa shape index (κ3) is 5.00. The third-order valence-corrected chi connectivity index (χ3v) is 2.41. The molecule has 1 atom stereocenters. The van der Waals surface area contributed by atoms with Gasteiger partial charge < -0.3 is 11.1 Å². The fraction of sp³-hybridized carbons (Fsp3) is 0.500. The maximum atomic E-state index is 11.7. The van der Waals surface area contributed by atoms with Crippen LogP contribution in [0.2, 0.25) is 0 Å². The van der Waals surface area contributed by atoms with Gasteiger partial charge >= 0.3 is 0 Å². The van der Waals surface area contributed by atoms with Gasteiger partial charge in [-0.1, -0.05) is 32.9 Å². The number of nitrogens with two attached hydrogens (primary N) is 1. The Morgan fingerprint density at radius 2 is 1.82 bits per heavy atom. The van der Waals surface area contributed by atoms with Gasteiger partial charge in [0.05, 0.1) is 0 Å². The molecule has 94 valence electrons. The van der Waals surface area contributed by atoms with Crippen molar-refractivity contribution in [2.24, 2.45) is 11.1 Å². The smallest absolute Gasteiger partial charge is 0.224 e. The zero-order chi connectivity index (χ0) is 13.1. The number of carbonyl (C=O) groups excluding carboxylic acids is 1. The van der Waals surface area contributed by atoms with Crippen molar-refractivity contribution in [1.29, 1.82) is 0 Å². The van der Waals surface area contributed by atoms with Gasteiger partial charge in [0.15, 0.2) is 0 Å². The lowest BCUT2D eigenvalue weighted by atomic mass is 9.92. The van der Waals surface area contributed by atoms with E-state index in [0.717, 1.165) is 11.3 Å². The Kier molecular flexibility index (Phi) is 4.29. The second-order valence-corrected chi connectivity index (χ2v) is 5.70. The highest BCUT2D eigenvalue weighted by molar-refractivity contribution is 5.91. The molecule has 0 aliphatic rings. The highest BCUT2D eigenvalue weighted by Gasteiger charge is 2.15. The molecule has 0 aromatic heterocycles. The number of carbonyl (C=O) groups is 1. The van der Waals surface area contributed by atoms with Gasteiger partial charge in [-0.3, -0.25) is 4.79 Å². The van der Waals surface area contributed by atoms with Crippen LogP contribution < -0.4 is 11.1 Å². The summed E-state index contributed by atoms with van der Waals surface area (Å²) in [5.74, 6) is 0.0473. The molecule has 3 N–H and O–H groups in total. The topological polar surface area (TPSA) is 55.1 Å². The minimum absolute atomic E-state index is 0.00972. The van der Waals surface area contributed by atoms with Gasteiger partial charge in [0.2, 0.25) is 5.91 Å². The standard InChI is InChI=1S/C14H22N2O/c1-10(15)11-5-7-12(8-6-11)16-13(17)9-14(2,3)4/h5-8,10H,9,15H2,1-4H3,(H,16,17). The largest absolute Gasteiger partial charge is 0.326 e. The van der Waals surface area contributed by atoms with Crippen molar-refractivity contribution in [1.82, 2.24) is 0 Å². The van der Waals surface area contributed by atoms with Crippen LogP contribution in [0, 0.1) is 5.41 Å². The Labute approximate surface area is 103 Å². The molecular formula is C14H22N2O. The molecule has 0 heterocycles. The first kappa shape index (κ1) is 13.7. The van der Waals surface area contributed by atoms with E-state index >= 15 is 0 Å². The molecule has 1 rings (SSSR count). The molecule has 0 radical (unpaired) electrons. The maximum absolute atomic E-state index is 11.7. The minimum atomic E-state index is 0.00972. The van der Waals surface area contributed by atoms with Crippen LogP contribution in [0.15, 0.2) is 24.3 Å². The summed E-state index contributed by atoms with van der Waals surface area (Å²) in [6.45, 7) is 8.08. The Morgan fingerprint density at radius 3 is 2.24 bits per heavy atom. The molecule has 1 aromatic carbocycles. The van der Waals surface area contributed by atoms with Crippen LogP contribution >= 0.6 is 0 Å². The average Bonchev–Trinajstić information content (AvgIpc) is 2.15. The van der Waals surface area contributed by atoms with Crippen molar-refractivity contribution in [3.63, 3.8) is 0 Å². The highest BCUT2D eigenvalue weighted by atomic mass is 16.1. The molecule has 1 unspecified atom stereocenters. The van der Waals surface area contributed by atoms with Gasteiger partial charge in [0, 0.05) is 18.2 Å². The number of rotatable bonds is 3. The molecule has 17 heavy (non-hydrogen) atoms. The lowest BCUT2D eigenvalue weighted by Gasteiger charge is -2.17. The van der Waals surface area contributed by atoms with Crippen molar-refractivity contribution < 1.29 is 4.79 Å². The lowest BCUT2D eigenvalue weighted by molar-refractivity contribution is -0.117. The van der Waals surface area contributed by atoms with E-state index in [1.165, 1.54) is 0 Å². The van der Waals surface area contributed by atoms with E-state index in [2.05, 4.69) is 5.32 Å². The summed E-state index contributed by atoms with van der Waals surface area (Å²) < 4.78 is 0. The van der Waals surface area contributed by atoms with Gasteiger partial charge in [-0.15, -0.1) is 0 Å². The Bertz CT molecular complexity index is 374.